The molecule has 2 amide bonds. The van der Waals surface area contributed by atoms with Gasteiger partial charge >= 0.3 is 0 Å². The number of anilines is 1. The summed E-state index contributed by atoms with van der Waals surface area (Å²) >= 11 is 0. The number of carbonyl (C=O) groups is 2. The number of nitrogens with zero attached hydrogens (tertiary/aromatic N) is 2. The van der Waals surface area contributed by atoms with Gasteiger partial charge in [0.1, 0.15) is 5.69 Å². The van der Waals surface area contributed by atoms with Crippen LogP contribution in [0, 0.1) is 0 Å². The van der Waals surface area contributed by atoms with Crippen LogP contribution >= 0.6 is 0 Å². The molecule has 3 aromatic rings. The van der Waals surface area contributed by atoms with Crippen LogP contribution in [0.3, 0.4) is 0 Å². The maximum atomic E-state index is 12.4. The Morgan fingerprint density at radius 2 is 1.72 bits per heavy atom. The fourth-order valence-electron chi connectivity index (χ4n) is 3.17. The number of benzene rings is 2. The second-order valence-corrected chi connectivity index (χ2v) is 8.60. The van der Waals surface area contributed by atoms with Crippen LogP contribution in [0.4, 0.5) is 5.69 Å². The first-order valence-corrected chi connectivity index (χ1v) is 10.6. The van der Waals surface area contributed by atoms with Gasteiger partial charge in [0.05, 0.1) is 17.0 Å². The Balaban J connectivity index is 1.45. The molecule has 0 saturated carbocycles. The number of fused-ring (bicyclic) bond motifs is 1. The molecule has 0 spiro atoms. The summed E-state index contributed by atoms with van der Waals surface area (Å²) < 4.78 is 25.4. The number of nitrogens with one attached hydrogen (secondary N) is 2. The van der Waals surface area contributed by atoms with E-state index >= 15 is 0 Å². The number of para-hydroxylation sites is 1. The van der Waals surface area contributed by atoms with Crippen molar-refractivity contribution in [1.29, 1.82) is 0 Å². The molecule has 9 heteroatoms. The number of hydrogen-bond acceptors (Lipinski definition) is 5. The van der Waals surface area contributed by atoms with Gasteiger partial charge in [0.15, 0.2) is 0 Å². The van der Waals surface area contributed by atoms with Crippen molar-refractivity contribution in [2.75, 3.05) is 16.6 Å². The van der Waals surface area contributed by atoms with Gasteiger partial charge in [-0.2, -0.15) is 0 Å². The highest BCUT2D eigenvalue weighted by Gasteiger charge is 2.28. The van der Waals surface area contributed by atoms with Gasteiger partial charge in [-0.25, -0.2) is 13.4 Å². The lowest BCUT2D eigenvalue weighted by molar-refractivity contribution is 0.0844. The third-order valence-electron chi connectivity index (χ3n) is 4.62. The summed E-state index contributed by atoms with van der Waals surface area (Å²) in [5.41, 5.74) is 6.17. The second-order valence-electron chi connectivity index (χ2n) is 6.59. The van der Waals surface area contributed by atoms with Crippen LogP contribution in [0.25, 0.3) is 10.9 Å². The molecule has 8 nitrogen and oxygen atoms in total. The average molecular weight is 410 g/mol. The zero-order chi connectivity index (χ0) is 20.4. The van der Waals surface area contributed by atoms with Gasteiger partial charge in [0, 0.05) is 17.5 Å². The first-order valence-electron chi connectivity index (χ1n) is 9.01. The van der Waals surface area contributed by atoms with Gasteiger partial charge in [-0.1, -0.05) is 30.3 Å². The monoisotopic (exact) mass is 410 g/mol. The van der Waals surface area contributed by atoms with Gasteiger partial charge in [-0.05, 0) is 36.8 Å². The van der Waals surface area contributed by atoms with Crippen molar-refractivity contribution in [3.63, 3.8) is 0 Å². The molecule has 1 aromatic heterocycles. The standard InChI is InChI=1S/C20H18N4O4S/c25-19(15-6-3-7-16(13-15)24-11-4-12-29(24,27)28)22-23-20(26)18-10-9-14-5-1-2-8-17(14)21-18/h1-3,5-10,13H,4,11-12H2,(H,22,25)(H,23,26). The fourth-order valence-corrected chi connectivity index (χ4v) is 4.73. The molecule has 1 aliphatic heterocycles. The molecule has 0 radical (unpaired) electrons. The minimum absolute atomic E-state index is 0.0955. The van der Waals surface area contributed by atoms with E-state index in [0.29, 0.717) is 24.2 Å². The predicted octanol–water partition coefficient (Wildman–Crippen LogP) is 1.85. The minimum atomic E-state index is -3.34. The van der Waals surface area contributed by atoms with E-state index in [4.69, 9.17) is 0 Å². The predicted molar refractivity (Wildman–Crippen MR) is 109 cm³/mol. The topological polar surface area (TPSA) is 108 Å². The molecular weight excluding hydrogens is 392 g/mol. The molecule has 0 atom stereocenters. The smallest absolute Gasteiger partial charge is 0.270 e. The lowest BCUT2D eigenvalue weighted by Gasteiger charge is -2.17. The molecule has 2 N–H and O–H groups in total. The highest BCUT2D eigenvalue weighted by Crippen LogP contribution is 2.24. The minimum Gasteiger partial charge on any atom is -0.270 e. The molecule has 0 unspecified atom stereocenters. The molecule has 1 aliphatic rings. The lowest BCUT2D eigenvalue weighted by atomic mass is 10.2. The Labute approximate surface area is 167 Å². The highest BCUT2D eigenvalue weighted by molar-refractivity contribution is 7.93. The fraction of sp³-hybridized carbons (Fsp3) is 0.150. The third kappa shape index (κ3) is 3.90. The number of aromatic nitrogens is 1. The van der Waals surface area contributed by atoms with E-state index in [2.05, 4.69) is 15.8 Å². The zero-order valence-electron chi connectivity index (χ0n) is 15.3. The Morgan fingerprint density at radius 3 is 2.52 bits per heavy atom. The molecule has 4 rings (SSSR count). The van der Waals surface area contributed by atoms with Crippen LogP contribution in [-0.4, -0.2) is 37.5 Å². The van der Waals surface area contributed by atoms with Crippen LogP contribution in [0.1, 0.15) is 27.3 Å². The van der Waals surface area contributed by atoms with E-state index in [9.17, 15) is 18.0 Å². The first kappa shape index (κ1) is 18.9. The Hall–Kier alpha value is -3.46. The van der Waals surface area contributed by atoms with Crippen LogP contribution in [0.5, 0.6) is 0 Å². The number of amides is 2. The molecule has 148 valence electrons. The average Bonchev–Trinajstić information content (AvgIpc) is 3.10. The normalized spacial score (nSPS) is 15.2. The molecule has 29 heavy (non-hydrogen) atoms. The highest BCUT2D eigenvalue weighted by atomic mass is 32.2. The summed E-state index contributed by atoms with van der Waals surface area (Å²) in [6.07, 6.45) is 0.549. The number of hydrogen-bond donors (Lipinski definition) is 2. The maximum absolute atomic E-state index is 12.4. The largest absolute Gasteiger partial charge is 0.288 e. The number of sulfonamides is 1. The van der Waals surface area contributed by atoms with Crippen LogP contribution in [-0.2, 0) is 10.0 Å². The summed E-state index contributed by atoms with van der Waals surface area (Å²) in [4.78, 5) is 29.0. The van der Waals surface area contributed by atoms with Gasteiger partial charge in [-0.15, -0.1) is 0 Å². The molecular formula is C20H18N4O4S. The molecule has 1 fully saturated rings. The summed E-state index contributed by atoms with van der Waals surface area (Å²) in [7, 11) is -3.34. The van der Waals surface area contributed by atoms with Crippen LogP contribution in [0.15, 0.2) is 60.7 Å². The summed E-state index contributed by atoms with van der Waals surface area (Å²) in [5, 5.41) is 0.904. The lowest BCUT2D eigenvalue weighted by Crippen LogP contribution is -2.42. The van der Waals surface area contributed by atoms with E-state index in [0.717, 1.165) is 5.39 Å². The SMILES string of the molecule is O=C(NNC(=O)c1ccc2ccccc2n1)c1cccc(N2CCCS2(=O)=O)c1. The van der Waals surface area contributed by atoms with E-state index in [1.165, 1.54) is 10.4 Å². The summed E-state index contributed by atoms with van der Waals surface area (Å²) in [5.74, 6) is -1.02. The van der Waals surface area contributed by atoms with Gasteiger partial charge < -0.3 is 0 Å². The van der Waals surface area contributed by atoms with E-state index in [1.807, 2.05) is 18.2 Å². The van der Waals surface area contributed by atoms with E-state index < -0.39 is 21.8 Å². The van der Waals surface area contributed by atoms with E-state index in [1.54, 1.807) is 36.4 Å². The number of rotatable bonds is 3. The van der Waals surface area contributed by atoms with Gasteiger partial charge in [0.2, 0.25) is 10.0 Å². The van der Waals surface area contributed by atoms with Crippen molar-refractivity contribution >= 4 is 38.4 Å². The Bertz CT molecular complexity index is 1210. The zero-order valence-corrected chi connectivity index (χ0v) is 16.1. The number of pyridine rings is 1. The van der Waals surface area contributed by atoms with Gasteiger partial charge in [0.25, 0.3) is 11.8 Å². The van der Waals surface area contributed by atoms with Crippen molar-refractivity contribution in [2.24, 2.45) is 0 Å². The molecule has 2 aromatic carbocycles. The number of carbonyl (C=O) groups excluding carboxylic acids is 2. The summed E-state index contributed by atoms with van der Waals surface area (Å²) in [6.45, 7) is 0.387. The second kappa shape index (κ2) is 7.51. The molecule has 1 saturated heterocycles. The van der Waals surface area contributed by atoms with Crippen molar-refractivity contribution in [2.45, 2.75) is 6.42 Å². The Morgan fingerprint density at radius 1 is 0.931 bits per heavy atom. The van der Waals surface area contributed by atoms with E-state index in [-0.39, 0.29) is 17.0 Å². The van der Waals surface area contributed by atoms with Crippen LogP contribution in [0.2, 0.25) is 0 Å². The van der Waals surface area contributed by atoms with Crippen molar-refractivity contribution < 1.29 is 18.0 Å². The van der Waals surface area contributed by atoms with Crippen molar-refractivity contribution in [1.82, 2.24) is 15.8 Å². The van der Waals surface area contributed by atoms with Gasteiger partial charge in [-0.3, -0.25) is 24.7 Å². The Kier molecular flexibility index (Phi) is 4.89. The first-order chi connectivity index (χ1) is 13.9. The molecule has 0 bridgehead atoms. The summed E-state index contributed by atoms with van der Waals surface area (Å²) in [6, 6.07) is 17.0. The third-order valence-corrected chi connectivity index (χ3v) is 6.49. The van der Waals surface area contributed by atoms with Crippen molar-refractivity contribution in [3.05, 3.63) is 71.9 Å². The quantitative estimate of drug-likeness (QED) is 0.641. The van der Waals surface area contributed by atoms with Crippen LogP contribution < -0.4 is 15.2 Å². The molecule has 2 heterocycles. The maximum Gasteiger partial charge on any atom is 0.288 e. The number of hydrazine groups is 1. The van der Waals surface area contributed by atoms with Crippen molar-refractivity contribution in [3.8, 4) is 0 Å². The molecule has 0 aliphatic carbocycles.